The molecule has 0 aliphatic rings. The predicted octanol–water partition coefficient (Wildman–Crippen LogP) is -0.0560. The molecule has 0 bridgehead atoms. The molecule has 0 unspecified atom stereocenters. The summed E-state index contributed by atoms with van der Waals surface area (Å²) < 4.78 is 0. The van der Waals surface area contributed by atoms with E-state index in [-0.39, 0.29) is 33.6 Å². The van der Waals surface area contributed by atoms with E-state index in [0.717, 1.165) is 0 Å². The summed E-state index contributed by atoms with van der Waals surface area (Å²) in [5.41, 5.74) is 0. The minimum atomic E-state index is 0. The monoisotopic (exact) mass is 171 g/mol. The second-order valence-corrected chi connectivity index (χ2v) is 0.0816. The molecule has 0 fully saturated rings. The van der Waals surface area contributed by atoms with Crippen molar-refractivity contribution in [1.82, 2.24) is 0 Å². The van der Waals surface area contributed by atoms with Crippen LogP contribution in [0.2, 0.25) is 0 Å². The van der Waals surface area contributed by atoms with Gasteiger partial charge in [0.1, 0.15) is 0 Å². The van der Waals surface area contributed by atoms with Gasteiger partial charge in [0.05, 0.1) is 0 Å². The van der Waals surface area contributed by atoms with Crippen LogP contribution in [-0.2, 0) is 38.6 Å². The maximum absolute atomic E-state index is 6.62. The van der Waals surface area contributed by atoms with Gasteiger partial charge in [0.2, 0.25) is 0 Å². The van der Waals surface area contributed by atoms with Crippen molar-refractivity contribution in [2.45, 2.75) is 0 Å². The Morgan fingerprint density at radius 3 is 1.20 bits per heavy atom. The molecule has 41 valence electrons. The molecule has 0 aromatic heterocycles. The van der Waals surface area contributed by atoms with Crippen molar-refractivity contribution in [3.63, 3.8) is 0 Å². The number of rotatable bonds is 0. The maximum atomic E-state index is 6.62. The van der Waals surface area contributed by atoms with Crippen molar-refractivity contribution >= 4 is 0 Å². The fourth-order valence-corrected chi connectivity index (χ4v) is 0. The second-order valence-electron chi connectivity index (χ2n) is 0.0816. The van der Waals surface area contributed by atoms with Gasteiger partial charge in [-0.3, -0.25) is 0 Å². The van der Waals surface area contributed by atoms with Crippen molar-refractivity contribution in [3.05, 3.63) is 0 Å². The molecule has 0 aromatic carbocycles. The smallest absolute Gasteiger partial charge is 0 e. The molecule has 5 heteroatoms. The molecule has 5 heavy (non-hydrogen) atoms. The van der Waals surface area contributed by atoms with Crippen LogP contribution in [0.25, 0.3) is 0 Å². The van der Waals surface area contributed by atoms with Crippen LogP contribution in [0.15, 0.2) is 0 Å². The molecule has 0 atom stereocenters. The van der Waals surface area contributed by atoms with E-state index in [9.17, 15) is 0 Å². The molecular formula is H2CuNiO3. The zero-order valence-corrected chi connectivity index (χ0v) is 3.85. The van der Waals surface area contributed by atoms with Gasteiger partial charge >= 0.3 is 0 Å². The maximum Gasteiger partial charge on any atom is 0 e. The first-order valence-electron chi connectivity index (χ1n) is 0.365. The first-order valence-corrected chi connectivity index (χ1v) is 0.365. The molecule has 0 amide bonds. The number of hydrogen-bond donors (Lipinski definition) is 2. The van der Waals surface area contributed by atoms with Crippen LogP contribution in [0.5, 0.6) is 0 Å². The van der Waals surface area contributed by atoms with Gasteiger partial charge in [0.15, 0.2) is 0 Å². The molecule has 0 rings (SSSR count). The SMILES string of the molecule is OOO.[Cu].[Ni]. The van der Waals surface area contributed by atoms with Crippen LogP contribution >= 0.6 is 0 Å². The van der Waals surface area contributed by atoms with E-state index in [0.29, 0.717) is 0 Å². The first kappa shape index (κ1) is 16.9. The van der Waals surface area contributed by atoms with Gasteiger partial charge in [-0.2, -0.15) is 0 Å². The topological polar surface area (TPSA) is 49.7 Å². The summed E-state index contributed by atoms with van der Waals surface area (Å²) in [6.07, 6.45) is 0. The molecule has 0 heterocycles. The predicted molar refractivity (Wildman–Crippen MR) is 6.34 cm³/mol. The standard InChI is InChI=1S/Cu.Ni.H2O3/c;;1-3-2/h;;1-2H. The normalized spacial score (nSPS) is 3.60. The minimum Gasteiger partial charge on any atom is -0.221 e. The largest absolute Gasteiger partial charge is 0.221 e. The zero-order chi connectivity index (χ0) is 2.71. The molecule has 0 aromatic rings. The summed E-state index contributed by atoms with van der Waals surface area (Å²) in [5.74, 6) is 0. The van der Waals surface area contributed by atoms with Crippen molar-refractivity contribution in [3.8, 4) is 0 Å². The van der Waals surface area contributed by atoms with Gasteiger partial charge in [0, 0.05) is 33.6 Å². The zero-order valence-electron chi connectivity index (χ0n) is 1.92. The van der Waals surface area contributed by atoms with Crippen molar-refractivity contribution in [1.29, 1.82) is 0 Å². The van der Waals surface area contributed by atoms with E-state index in [1.807, 2.05) is 0 Å². The van der Waals surface area contributed by atoms with Crippen molar-refractivity contribution in [2.24, 2.45) is 0 Å². The molecule has 0 saturated carbocycles. The molecule has 1 radical (unpaired) electrons. The van der Waals surface area contributed by atoms with E-state index < -0.39 is 0 Å². The fraction of sp³-hybridized carbons (Fsp3) is 0. The summed E-state index contributed by atoms with van der Waals surface area (Å²) in [6.45, 7) is 0. The Labute approximate surface area is 49.6 Å². The van der Waals surface area contributed by atoms with E-state index >= 15 is 0 Å². The molecule has 0 spiro atoms. The Bertz CT molecular complexity index is 6.85. The summed E-state index contributed by atoms with van der Waals surface area (Å²) in [5, 5.41) is 15.5. The van der Waals surface area contributed by atoms with E-state index in [4.69, 9.17) is 10.5 Å². The van der Waals surface area contributed by atoms with Crippen LogP contribution in [0.3, 0.4) is 0 Å². The fourth-order valence-electron chi connectivity index (χ4n) is 0. The first-order chi connectivity index (χ1) is 1.41. The summed E-state index contributed by atoms with van der Waals surface area (Å²) in [4.78, 5) is 0. The average molecular weight is 172 g/mol. The van der Waals surface area contributed by atoms with E-state index in [1.54, 1.807) is 0 Å². The quantitative estimate of drug-likeness (QED) is 0.306. The summed E-state index contributed by atoms with van der Waals surface area (Å²) in [6, 6.07) is 0. The van der Waals surface area contributed by atoms with Gasteiger partial charge in [-0.25, -0.2) is 10.5 Å². The Balaban J connectivity index is -0.0000000200. The van der Waals surface area contributed by atoms with Gasteiger partial charge in [-0.15, -0.1) is 0 Å². The van der Waals surface area contributed by atoms with Crippen LogP contribution in [0.4, 0.5) is 0 Å². The van der Waals surface area contributed by atoms with Crippen LogP contribution < -0.4 is 0 Å². The van der Waals surface area contributed by atoms with Gasteiger partial charge in [0.25, 0.3) is 0 Å². The Kier molecular flexibility index (Phi) is 69.8. The second kappa shape index (κ2) is 20.7. The third kappa shape index (κ3) is 51.4. The van der Waals surface area contributed by atoms with E-state index in [2.05, 4.69) is 5.04 Å². The molecule has 0 aliphatic heterocycles. The molecular weight excluding hydrogens is 170 g/mol. The van der Waals surface area contributed by atoms with Crippen molar-refractivity contribution in [2.75, 3.05) is 0 Å². The number of hydrogen-bond acceptors (Lipinski definition) is 3. The Morgan fingerprint density at radius 2 is 1.20 bits per heavy atom. The average Bonchev–Trinajstić information content (AvgIpc) is 0.918. The Morgan fingerprint density at radius 1 is 1.20 bits per heavy atom. The summed E-state index contributed by atoms with van der Waals surface area (Å²) in [7, 11) is 0. The Hall–Kier alpha value is 0.893. The van der Waals surface area contributed by atoms with Crippen LogP contribution in [0, 0.1) is 0 Å². The molecule has 2 N–H and O–H groups in total. The molecule has 0 saturated heterocycles. The van der Waals surface area contributed by atoms with Gasteiger partial charge in [-0.1, -0.05) is 5.04 Å². The molecule has 0 aliphatic carbocycles. The van der Waals surface area contributed by atoms with Crippen LogP contribution in [-0.4, -0.2) is 10.5 Å². The third-order valence-electron chi connectivity index (χ3n) is 0. The van der Waals surface area contributed by atoms with Crippen molar-refractivity contribution < 1.29 is 49.1 Å². The van der Waals surface area contributed by atoms with E-state index in [1.165, 1.54) is 0 Å². The third-order valence-corrected chi connectivity index (χ3v) is 0. The minimum absolute atomic E-state index is 0. The van der Waals surface area contributed by atoms with Crippen LogP contribution in [0.1, 0.15) is 0 Å². The summed E-state index contributed by atoms with van der Waals surface area (Å²) >= 11 is 0. The van der Waals surface area contributed by atoms with Gasteiger partial charge in [-0.05, 0) is 0 Å². The molecule has 3 nitrogen and oxygen atoms in total. The van der Waals surface area contributed by atoms with Gasteiger partial charge < -0.3 is 0 Å².